The summed E-state index contributed by atoms with van der Waals surface area (Å²) in [5, 5.41) is 5.13. The summed E-state index contributed by atoms with van der Waals surface area (Å²) in [6, 6.07) is 5.60. The highest BCUT2D eigenvalue weighted by Crippen LogP contribution is 2.64. The third-order valence-corrected chi connectivity index (χ3v) is 5.27. The van der Waals surface area contributed by atoms with Crippen LogP contribution in [0.25, 0.3) is 11.4 Å². The van der Waals surface area contributed by atoms with Gasteiger partial charge < -0.3 is 5.32 Å². The summed E-state index contributed by atoms with van der Waals surface area (Å²) in [5.74, 6) is -0.204. The topological polar surface area (TPSA) is 54.9 Å². The van der Waals surface area contributed by atoms with Gasteiger partial charge in [0.15, 0.2) is 5.13 Å². The first kappa shape index (κ1) is 13.8. The smallest absolute Gasteiger partial charge is 0.235 e. The molecule has 104 valence electrons. The Morgan fingerprint density at radius 3 is 2.75 bits per heavy atom. The molecule has 0 radical (unpaired) electrons. The monoisotopic (exact) mass is 327 g/mol. The molecule has 2 aromatic heterocycles. The van der Waals surface area contributed by atoms with Crippen LogP contribution in [0.1, 0.15) is 13.3 Å². The van der Waals surface area contributed by atoms with E-state index in [1.165, 1.54) is 11.3 Å². The number of hydrogen-bond acceptors (Lipinski definition) is 4. The first-order valence-electron chi connectivity index (χ1n) is 5.99. The summed E-state index contributed by atoms with van der Waals surface area (Å²) in [7, 11) is 0. The van der Waals surface area contributed by atoms with Crippen molar-refractivity contribution in [3.8, 4) is 11.4 Å². The van der Waals surface area contributed by atoms with E-state index in [-0.39, 0.29) is 5.91 Å². The summed E-state index contributed by atoms with van der Waals surface area (Å²) in [4.78, 5) is 20.7. The Hall–Kier alpha value is -1.17. The molecule has 1 fully saturated rings. The van der Waals surface area contributed by atoms with Gasteiger partial charge in [0.2, 0.25) is 5.91 Å². The molecule has 3 rings (SSSR count). The highest BCUT2D eigenvalue weighted by Gasteiger charge is 2.68. The number of nitrogens with one attached hydrogen (secondary N) is 1. The van der Waals surface area contributed by atoms with Crippen molar-refractivity contribution in [3.05, 3.63) is 29.8 Å². The fraction of sp³-hybridized carbons (Fsp3) is 0.308. The Morgan fingerprint density at radius 2 is 2.15 bits per heavy atom. The van der Waals surface area contributed by atoms with E-state index >= 15 is 0 Å². The summed E-state index contributed by atoms with van der Waals surface area (Å²) in [6.45, 7) is 1.75. The lowest BCUT2D eigenvalue weighted by Crippen LogP contribution is -2.25. The molecule has 1 aliphatic rings. The fourth-order valence-corrected chi connectivity index (χ4v) is 3.25. The van der Waals surface area contributed by atoms with E-state index in [9.17, 15) is 4.79 Å². The number of anilines is 1. The van der Waals surface area contributed by atoms with Crippen LogP contribution in [-0.4, -0.2) is 20.2 Å². The van der Waals surface area contributed by atoms with Crippen LogP contribution >= 0.6 is 34.5 Å². The van der Waals surface area contributed by atoms with Crippen LogP contribution < -0.4 is 5.32 Å². The molecule has 0 aromatic carbocycles. The van der Waals surface area contributed by atoms with Crippen LogP contribution in [0.5, 0.6) is 0 Å². The van der Waals surface area contributed by atoms with Crippen molar-refractivity contribution in [1.29, 1.82) is 0 Å². The zero-order valence-corrected chi connectivity index (χ0v) is 12.9. The molecule has 0 unspecified atom stereocenters. The lowest BCUT2D eigenvalue weighted by Gasteiger charge is -2.10. The Kier molecular flexibility index (Phi) is 3.23. The van der Waals surface area contributed by atoms with Crippen LogP contribution in [0, 0.1) is 5.41 Å². The number of thiazole rings is 1. The van der Waals surface area contributed by atoms with Crippen molar-refractivity contribution in [2.45, 2.75) is 17.7 Å². The number of alkyl halides is 2. The molecule has 1 saturated carbocycles. The molecule has 2 aromatic rings. The highest BCUT2D eigenvalue weighted by atomic mass is 35.5. The van der Waals surface area contributed by atoms with Crippen LogP contribution in [-0.2, 0) is 4.79 Å². The molecular formula is C13H11Cl2N3OS. The van der Waals surface area contributed by atoms with Gasteiger partial charge >= 0.3 is 0 Å². The SMILES string of the molecule is C[C@@]1(C(=O)Nc2nc(-c3ccccn3)cs2)CC1(Cl)Cl. The van der Waals surface area contributed by atoms with Crippen molar-refractivity contribution in [2.24, 2.45) is 5.41 Å². The average Bonchev–Trinajstić information content (AvgIpc) is 2.78. The molecule has 2 heterocycles. The van der Waals surface area contributed by atoms with E-state index in [4.69, 9.17) is 23.2 Å². The molecule has 7 heteroatoms. The second kappa shape index (κ2) is 4.69. The first-order valence-corrected chi connectivity index (χ1v) is 7.62. The molecule has 0 aliphatic heterocycles. The molecule has 1 N–H and O–H groups in total. The lowest BCUT2D eigenvalue weighted by molar-refractivity contribution is -0.120. The van der Waals surface area contributed by atoms with Gasteiger partial charge in [0, 0.05) is 11.6 Å². The number of pyridine rings is 1. The number of carbonyl (C=O) groups is 1. The number of rotatable bonds is 3. The van der Waals surface area contributed by atoms with Crippen molar-refractivity contribution in [2.75, 3.05) is 5.32 Å². The summed E-state index contributed by atoms with van der Waals surface area (Å²) >= 11 is 13.3. The zero-order chi connectivity index (χ0) is 14.4. The van der Waals surface area contributed by atoms with Crippen LogP contribution in [0.3, 0.4) is 0 Å². The molecular weight excluding hydrogens is 317 g/mol. The quantitative estimate of drug-likeness (QED) is 0.874. The molecule has 1 amide bonds. The van der Waals surface area contributed by atoms with Gasteiger partial charge in [0.25, 0.3) is 0 Å². The Balaban J connectivity index is 1.74. The minimum atomic E-state index is -0.974. The second-order valence-corrected chi connectivity index (χ2v) is 7.26. The molecule has 1 atom stereocenters. The van der Waals surface area contributed by atoms with Gasteiger partial charge in [-0.1, -0.05) is 6.07 Å². The number of amides is 1. The van der Waals surface area contributed by atoms with Gasteiger partial charge in [0.1, 0.15) is 10.0 Å². The van der Waals surface area contributed by atoms with Gasteiger partial charge in [-0.05, 0) is 25.5 Å². The number of halogens is 2. The van der Waals surface area contributed by atoms with E-state index in [0.717, 1.165) is 11.4 Å². The van der Waals surface area contributed by atoms with Crippen molar-refractivity contribution in [1.82, 2.24) is 9.97 Å². The van der Waals surface area contributed by atoms with Gasteiger partial charge in [-0.3, -0.25) is 9.78 Å². The predicted octanol–water partition coefficient (Wildman–Crippen LogP) is 3.73. The Bertz CT molecular complexity index is 659. The maximum atomic E-state index is 12.1. The maximum absolute atomic E-state index is 12.1. The van der Waals surface area contributed by atoms with Crippen molar-refractivity contribution < 1.29 is 4.79 Å². The van der Waals surface area contributed by atoms with Crippen LogP contribution in [0.15, 0.2) is 29.8 Å². The standard InChI is InChI=1S/C13H11Cl2N3OS/c1-12(7-13(12,14)15)10(19)18-11-17-9(6-20-11)8-4-2-3-5-16-8/h2-6H,7H2,1H3,(H,17,18,19)/t12-/m0/s1. The van der Waals surface area contributed by atoms with E-state index in [1.807, 2.05) is 23.6 Å². The molecule has 0 spiro atoms. The lowest BCUT2D eigenvalue weighted by atomic mass is 10.1. The predicted molar refractivity (Wildman–Crippen MR) is 81.1 cm³/mol. The maximum Gasteiger partial charge on any atom is 0.235 e. The van der Waals surface area contributed by atoms with E-state index < -0.39 is 9.75 Å². The number of nitrogens with zero attached hydrogens (tertiary/aromatic N) is 2. The number of carbonyl (C=O) groups excluding carboxylic acids is 1. The van der Waals surface area contributed by atoms with Gasteiger partial charge in [-0.15, -0.1) is 34.5 Å². The minimum absolute atomic E-state index is 0.204. The number of aromatic nitrogens is 2. The number of hydrogen-bond donors (Lipinski definition) is 1. The molecule has 20 heavy (non-hydrogen) atoms. The van der Waals surface area contributed by atoms with Crippen LogP contribution in [0.4, 0.5) is 5.13 Å². The first-order chi connectivity index (χ1) is 9.42. The largest absolute Gasteiger partial charge is 0.301 e. The normalized spacial score (nSPS) is 23.4. The average molecular weight is 328 g/mol. The summed E-state index contributed by atoms with van der Waals surface area (Å²) < 4.78 is -0.974. The molecule has 4 nitrogen and oxygen atoms in total. The summed E-state index contributed by atoms with van der Waals surface area (Å²) in [6.07, 6.45) is 2.15. The van der Waals surface area contributed by atoms with E-state index in [2.05, 4.69) is 15.3 Å². The fourth-order valence-electron chi connectivity index (χ4n) is 1.84. The third kappa shape index (κ3) is 2.30. The van der Waals surface area contributed by atoms with E-state index in [1.54, 1.807) is 13.1 Å². The van der Waals surface area contributed by atoms with Gasteiger partial charge in [-0.2, -0.15) is 0 Å². The summed E-state index contributed by atoms with van der Waals surface area (Å²) in [5.41, 5.74) is 0.758. The Labute approximate surface area is 130 Å². The van der Waals surface area contributed by atoms with Crippen LogP contribution in [0.2, 0.25) is 0 Å². The van der Waals surface area contributed by atoms with Crippen molar-refractivity contribution >= 4 is 45.6 Å². The molecule has 0 saturated heterocycles. The van der Waals surface area contributed by atoms with Crippen molar-refractivity contribution in [3.63, 3.8) is 0 Å². The second-order valence-electron chi connectivity index (χ2n) is 4.92. The Morgan fingerprint density at radius 1 is 1.40 bits per heavy atom. The van der Waals surface area contributed by atoms with Gasteiger partial charge in [0.05, 0.1) is 11.1 Å². The molecule has 0 bridgehead atoms. The zero-order valence-electron chi connectivity index (χ0n) is 10.6. The molecule has 1 aliphatic carbocycles. The third-order valence-electron chi connectivity index (χ3n) is 3.41. The van der Waals surface area contributed by atoms with Gasteiger partial charge in [-0.25, -0.2) is 4.98 Å². The van der Waals surface area contributed by atoms with E-state index in [0.29, 0.717) is 11.6 Å². The highest BCUT2D eigenvalue weighted by molar-refractivity contribution is 7.14. The minimum Gasteiger partial charge on any atom is -0.301 e.